The number of pyridine rings is 1. The number of para-hydroxylation sites is 1. The van der Waals surface area contributed by atoms with Crippen molar-refractivity contribution in [1.29, 1.82) is 0 Å². The zero-order valence-electron chi connectivity index (χ0n) is 11.0. The molecular formula is C14H17N3O2. The topological polar surface area (TPSA) is 69.4 Å². The summed E-state index contributed by atoms with van der Waals surface area (Å²) in [5, 5.41) is 0. The van der Waals surface area contributed by atoms with Crippen LogP contribution < -0.4 is 20.7 Å². The molecule has 0 aliphatic heterocycles. The maximum absolute atomic E-state index is 5.68. The number of nitrogens with one attached hydrogen (secondary N) is 1. The van der Waals surface area contributed by atoms with Crippen LogP contribution in [0.5, 0.6) is 11.5 Å². The van der Waals surface area contributed by atoms with Gasteiger partial charge in [0.2, 0.25) is 0 Å². The van der Waals surface area contributed by atoms with Crippen molar-refractivity contribution < 1.29 is 9.47 Å². The molecule has 0 aliphatic carbocycles. The number of methoxy groups -OCH3 is 2. The summed E-state index contributed by atoms with van der Waals surface area (Å²) in [6, 6.07) is 9.30. The number of ether oxygens (including phenoxy) is 2. The summed E-state index contributed by atoms with van der Waals surface area (Å²) < 4.78 is 10.7. The summed E-state index contributed by atoms with van der Waals surface area (Å²) in [5.41, 5.74) is 4.64. The number of aromatic nitrogens is 1. The van der Waals surface area contributed by atoms with Crippen LogP contribution >= 0.6 is 0 Å². The van der Waals surface area contributed by atoms with Crippen LogP contribution in [-0.4, -0.2) is 19.2 Å². The first-order valence-corrected chi connectivity index (χ1v) is 5.88. The molecule has 0 bridgehead atoms. The lowest BCUT2D eigenvalue weighted by atomic mass is 9.99. The number of nitrogens with two attached hydrogens (primary N) is 1. The molecular weight excluding hydrogens is 242 g/mol. The minimum atomic E-state index is -0.209. The van der Waals surface area contributed by atoms with Gasteiger partial charge in [0.1, 0.15) is 0 Å². The number of nitrogens with zero attached hydrogens (tertiary/aromatic N) is 1. The highest BCUT2D eigenvalue weighted by Gasteiger charge is 2.19. The molecule has 100 valence electrons. The molecule has 0 saturated heterocycles. The monoisotopic (exact) mass is 259 g/mol. The van der Waals surface area contributed by atoms with E-state index in [0.29, 0.717) is 11.5 Å². The smallest absolute Gasteiger partial charge is 0.165 e. The molecule has 0 fully saturated rings. The average Bonchev–Trinajstić information content (AvgIpc) is 2.48. The molecule has 2 rings (SSSR count). The molecule has 1 atom stereocenters. The fourth-order valence-corrected chi connectivity index (χ4v) is 2.05. The Kier molecular flexibility index (Phi) is 4.33. The number of rotatable bonds is 5. The SMILES string of the molecule is COc1cccc(C(NN)c2cccnc2)c1OC. The van der Waals surface area contributed by atoms with Crippen molar-refractivity contribution in [3.8, 4) is 11.5 Å². The van der Waals surface area contributed by atoms with E-state index in [2.05, 4.69) is 10.4 Å². The van der Waals surface area contributed by atoms with Crippen LogP contribution in [0.2, 0.25) is 0 Å². The third-order valence-electron chi connectivity index (χ3n) is 2.93. The van der Waals surface area contributed by atoms with E-state index in [1.54, 1.807) is 26.6 Å². The summed E-state index contributed by atoms with van der Waals surface area (Å²) in [6.45, 7) is 0. The van der Waals surface area contributed by atoms with E-state index >= 15 is 0 Å². The quantitative estimate of drug-likeness (QED) is 0.631. The molecule has 2 aromatic rings. The maximum Gasteiger partial charge on any atom is 0.165 e. The van der Waals surface area contributed by atoms with Gasteiger partial charge in [0.15, 0.2) is 11.5 Å². The van der Waals surface area contributed by atoms with Gasteiger partial charge in [-0.3, -0.25) is 10.8 Å². The second kappa shape index (κ2) is 6.17. The summed E-state index contributed by atoms with van der Waals surface area (Å²) >= 11 is 0. The van der Waals surface area contributed by atoms with Gasteiger partial charge in [0.05, 0.1) is 20.3 Å². The Morgan fingerprint density at radius 2 is 2.00 bits per heavy atom. The van der Waals surface area contributed by atoms with Crippen molar-refractivity contribution >= 4 is 0 Å². The van der Waals surface area contributed by atoms with Crippen molar-refractivity contribution in [2.24, 2.45) is 5.84 Å². The molecule has 1 aromatic carbocycles. The van der Waals surface area contributed by atoms with Gasteiger partial charge in [-0.25, -0.2) is 5.43 Å². The lowest BCUT2D eigenvalue weighted by Gasteiger charge is -2.20. The molecule has 0 aliphatic rings. The molecule has 1 aromatic heterocycles. The summed E-state index contributed by atoms with van der Waals surface area (Å²) in [7, 11) is 3.22. The van der Waals surface area contributed by atoms with Crippen LogP contribution in [0, 0.1) is 0 Å². The fourth-order valence-electron chi connectivity index (χ4n) is 2.05. The van der Waals surface area contributed by atoms with E-state index in [4.69, 9.17) is 15.3 Å². The van der Waals surface area contributed by atoms with E-state index in [9.17, 15) is 0 Å². The van der Waals surface area contributed by atoms with Crippen molar-refractivity contribution in [1.82, 2.24) is 10.4 Å². The molecule has 5 nitrogen and oxygen atoms in total. The van der Waals surface area contributed by atoms with Crippen LogP contribution in [0.25, 0.3) is 0 Å². The van der Waals surface area contributed by atoms with Crippen LogP contribution in [0.3, 0.4) is 0 Å². The van der Waals surface area contributed by atoms with E-state index in [1.807, 2.05) is 30.3 Å². The maximum atomic E-state index is 5.68. The summed E-state index contributed by atoms with van der Waals surface area (Å²) in [5.74, 6) is 7.01. The molecule has 0 saturated carbocycles. The van der Waals surface area contributed by atoms with Crippen molar-refractivity contribution in [2.75, 3.05) is 14.2 Å². The molecule has 0 radical (unpaired) electrons. The third kappa shape index (κ3) is 2.67. The normalized spacial score (nSPS) is 11.9. The van der Waals surface area contributed by atoms with Gasteiger partial charge in [0, 0.05) is 18.0 Å². The number of hydrogen-bond donors (Lipinski definition) is 2. The van der Waals surface area contributed by atoms with Gasteiger partial charge in [-0.15, -0.1) is 0 Å². The Balaban J connectivity index is 2.50. The van der Waals surface area contributed by atoms with Gasteiger partial charge in [-0.05, 0) is 17.7 Å². The molecule has 19 heavy (non-hydrogen) atoms. The Hall–Kier alpha value is -2.11. The van der Waals surface area contributed by atoms with E-state index < -0.39 is 0 Å². The Labute approximate surface area is 112 Å². The molecule has 1 heterocycles. The second-order valence-electron chi connectivity index (χ2n) is 3.97. The Morgan fingerprint density at radius 3 is 2.58 bits per heavy atom. The third-order valence-corrected chi connectivity index (χ3v) is 2.93. The molecule has 5 heteroatoms. The number of benzene rings is 1. The molecule has 3 N–H and O–H groups in total. The zero-order chi connectivity index (χ0) is 13.7. The van der Waals surface area contributed by atoms with Crippen molar-refractivity contribution in [3.63, 3.8) is 0 Å². The van der Waals surface area contributed by atoms with Gasteiger partial charge in [0.25, 0.3) is 0 Å². The summed E-state index contributed by atoms with van der Waals surface area (Å²) in [6.07, 6.45) is 3.49. The molecule has 0 amide bonds. The highest BCUT2D eigenvalue weighted by molar-refractivity contribution is 5.50. The Bertz CT molecular complexity index is 531. The molecule has 1 unspecified atom stereocenters. The predicted octanol–water partition coefficient (Wildman–Crippen LogP) is 1.65. The Morgan fingerprint density at radius 1 is 1.16 bits per heavy atom. The van der Waals surface area contributed by atoms with Gasteiger partial charge >= 0.3 is 0 Å². The van der Waals surface area contributed by atoms with Crippen LogP contribution in [0.4, 0.5) is 0 Å². The highest BCUT2D eigenvalue weighted by Crippen LogP contribution is 2.36. The standard InChI is InChI=1S/C14H17N3O2/c1-18-12-7-3-6-11(14(12)19-2)13(17-15)10-5-4-8-16-9-10/h3-9,13,17H,15H2,1-2H3. The van der Waals surface area contributed by atoms with E-state index in [1.165, 1.54) is 0 Å². The number of hydrazine groups is 1. The first kappa shape index (κ1) is 13.3. The minimum Gasteiger partial charge on any atom is -0.493 e. The van der Waals surface area contributed by atoms with Crippen LogP contribution in [0.1, 0.15) is 17.2 Å². The lowest BCUT2D eigenvalue weighted by Crippen LogP contribution is -2.29. The average molecular weight is 259 g/mol. The van der Waals surface area contributed by atoms with E-state index in [0.717, 1.165) is 11.1 Å². The van der Waals surface area contributed by atoms with E-state index in [-0.39, 0.29) is 6.04 Å². The second-order valence-corrected chi connectivity index (χ2v) is 3.97. The zero-order valence-corrected chi connectivity index (χ0v) is 11.0. The lowest BCUT2D eigenvalue weighted by molar-refractivity contribution is 0.349. The van der Waals surface area contributed by atoms with Gasteiger partial charge in [-0.2, -0.15) is 0 Å². The fraction of sp³-hybridized carbons (Fsp3) is 0.214. The first-order chi connectivity index (χ1) is 9.31. The van der Waals surface area contributed by atoms with Gasteiger partial charge < -0.3 is 9.47 Å². The van der Waals surface area contributed by atoms with Crippen molar-refractivity contribution in [2.45, 2.75) is 6.04 Å². The minimum absolute atomic E-state index is 0.209. The number of hydrogen-bond acceptors (Lipinski definition) is 5. The molecule has 0 spiro atoms. The summed E-state index contributed by atoms with van der Waals surface area (Å²) in [4.78, 5) is 4.11. The van der Waals surface area contributed by atoms with Crippen molar-refractivity contribution in [3.05, 3.63) is 53.9 Å². The predicted molar refractivity (Wildman–Crippen MR) is 72.9 cm³/mol. The largest absolute Gasteiger partial charge is 0.493 e. The van der Waals surface area contributed by atoms with Crippen LogP contribution in [-0.2, 0) is 0 Å². The first-order valence-electron chi connectivity index (χ1n) is 5.88. The van der Waals surface area contributed by atoms with Gasteiger partial charge in [-0.1, -0.05) is 18.2 Å². The van der Waals surface area contributed by atoms with Crippen LogP contribution in [0.15, 0.2) is 42.7 Å². The highest BCUT2D eigenvalue weighted by atomic mass is 16.5.